The summed E-state index contributed by atoms with van der Waals surface area (Å²) in [5, 5.41) is 4.31. The summed E-state index contributed by atoms with van der Waals surface area (Å²) in [6.45, 7) is 7.07. The van der Waals surface area contributed by atoms with Crippen LogP contribution in [0.2, 0.25) is 5.02 Å². The third-order valence-corrected chi connectivity index (χ3v) is 3.58. The quantitative estimate of drug-likeness (QED) is 0.861. The molecule has 0 bridgehead atoms. The molecule has 1 unspecified atom stereocenters. The van der Waals surface area contributed by atoms with E-state index >= 15 is 0 Å². The monoisotopic (exact) mass is 277 g/mol. The summed E-state index contributed by atoms with van der Waals surface area (Å²) in [6, 6.07) is 10.2. The first kappa shape index (κ1) is 14.2. The van der Waals surface area contributed by atoms with Gasteiger partial charge in [0, 0.05) is 5.02 Å². The molecule has 1 aromatic heterocycles. The molecular weight excluding hydrogens is 258 g/mol. The van der Waals surface area contributed by atoms with E-state index in [1.54, 1.807) is 0 Å². The first-order chi connectivity index (χ1) is 9.11. The molecule has 0 spiro atoms. The van der Waals surface area contributed by atoms with Crippen LogP contribution in [0.25, 0.3) is 0 Å². The third kappa shape index (κ3) is 3.40. The van der Waals surface area contributed by atoms with Crippen LogP contribution in [0.4, 0.5) is 0 Å². The summed E-state index contributed by atoms with van der Waals surface area (Å²) >= 11 is 6.23. The van der Waals surface area contributed by atoms with E-state index in [2.05, 4.69) is 18.3 Å². The van der Waals surface area contributed by atoms with Crippen LogP contribution in [0.3, 0.4) is 0 Å². The van der Waals surface area contributed by atoms with E-state index in [1.165, 1.54) is 0 Å². The summed E-state index contributed by atoms with van der Waals surface area (Å²) < 4.78 is 5.76. The van der Waals surface area contributed by atoms with Crippen molar-refractivity contribution in [2.45, 2.75) is 33.2 Å². The van der Waals surface area contributed by atoms with E-state index in [9.17, 15) is 0 Å². The highest BCUT2D eigenvalue weighted by Crippen LogP contribution is 2.27. The molecular formula is C16H20ClNO. The van der Waals surface area contributed by atoms with Crippen molar-refractivity contribution in [3.63, 3.8) is 0 Å². The Morgan fingerprint density at radius 2 is 2.00 bits per heavy atom. The Morgan fingerprint density at radius 1 is 1.21 bits per heavy atom. The SMILES string of the molecule is CCCNC(c1ccc(C)c(Cl)c1)c1ccc(C)o1. The molecule has 0 amide bonds. The minimum Gasteiger partial charge on any atom is -0.464 e. The number of halogens is 1. The number of aryl methyl sites for hydroxylation is 2. The van der Waals surface area contributed by atoms with E-state index in [4.69, 9.17) is 16.0 Å². The van der Waals surface area contributed by atoms with Crippen molar-refractivity contribution in [1.29, 1.82) is 0 Å². The molecule has 1 atom stereocenters. The Hall–Kier alpha value is -1.25. The first-order valence-corrected chi connectivity index (χ1v) is 7.05. The average molecular weight is 278 g/mol. The standard InChI is InChI=1S/C16H20ClNO/c1-4-9-18-16(15-8-6-12(3)19-15)13-7-5-11(2)14(17)10-13/h5-8,10,16,18H,4,9H2,1-3H3. The smallest absolute Gasteiger partial charge is 0.125 e. The molecule has 2 aromatic rings. The van der Waals surface area contributed by atoms with Gasteiger partial charge in [0.25, 0.3) is 0 Å². The van der Waals surface area contributed by atoms with E-state index in [0.717, 1.165) is 40.6 Å². The van der Waals surface area contributed by atoms with Crippen molar-refractivity contribution in [1.82, 2.24) is 5.32 Å². The first-order valence-electron chi connectivity index (χ1n) is 6.67. The fourth-order valence-electron chi connectivity index (χ4n) is 2.07. The summed E-state index contributed by atoms with van der Waals surface area (Å²) in [5.41, 5.74) is 2.23. The predicted molar refractivity (Wildman–Crippen MR) is 79.8 cm³/mol. The van der Waals surface area contributed by atoms with Crippen LogP contribution in [0.1, 0.15) is 42.0 Å². The zero-order valence-corrected chi connectivity index (χ0v) is 12.4. The Balaban J connectivity index is 2.33. The van der Waals surface area contributed by atoms with Crippen molar-refractivity contribution < 1.29 is 4.42 Å². The molecule has 19 heavy (non-hydrogen) atoms. The highest BCUT2D eigenvalue weighted by atomic mass is 35.5. The Morgan fingerprint density at radius 3 is 2.58 bits per heavy atom. The normalized spacial score (nSPS) is 12.6. The van der Waals surface area contributed by atoms with E-state index in [-0.39, 0.29) is 6.04 Å². The second-order valence-electron chi connectivity index (χ2n) is 4.84. The van der Waals surface area contributed by atoms with Crippen molar-refractivity contribution in [3.05, 3.63) is 58.0 Å². The molecule has 0 radical (unpaired) electrons. The number of benzene rings is 1. The van der Waals surface area contributed by atoms with Crippen LogP contribution in [-0.2, 0) is 0 Å². The Kier molecular flexibility index (Phi) is 4.67. The van der Waals surface area contributed by atoms with Crippen LogP contribution >= 0.6 is 11.6 Å². The van der Waals surface area contributed by atoms with Gasteiger partial charge in [-0.15, -0.1) is 0 Å². The van der Waals surface area contributed by atoms with Crippen LogP contribution in [0.15, 0.2) is 34.7 Å². The van der Waals surface area contributed by atoms with Gasteiger partial charge in [-0.25, -0.2) is 0 Å². The van der Waals surface area contributed by atoms with E-state index in [0.29, 0.717) is 0 Å². The van der Waals surface area contributed by atoms with Crippen molar-refractivity contribution >= 4 is 11.6 Å². The number of rotatable bonds is 5. The van der Waals surface area contributed by atoms with Crippen molar-refractivity contribution in [2.75, 3.05) is 6.54 Å². The zero-order chi connectivity index (χ0) is 13.8. The molecule has 0 saturated heterocycles. The minimum absolute atomic E-state index is 0.0618. The maximum absolute atomic E-state index is 6.23. The minimum atomic E-state index is 0.0618. The van der Waals surface area contributed by atoms with Crippen LogP contribution in [-0.4, -0.2) is 6.54 Å². The molecule has 2 nitrogen and oxygen atoms in total. The predicted octanol–water partition coefficient (Wildman–Crippen LogP) is 4.64. The second-order valence-corrected chi connectivity index (χ2v) is 5.25. The van der Waals surface area contributed by atoms with Gasteiger partial charge in [-0.1, -0.05) is 30.7 Å². The fourth-order valence-corrected chi connectivity index (χ4v) is 2.26. The molecule has 0 aliphatic heterocycles. The summed E-state index contributed by atoms with van der Waals surface area (Å²) in [7, 11) is 0. The van der Waals surface area contributed by atoms with E-state index < -0.39 is 0 Å². The topological polar surface area (TPSA) is 25.2 Å². The van der Waals surface area contributed by atoms with E-state index in [1.807, 2.05) is 38.1 Å². The maximum Gasteiger partial charge on any atom is 0.125 e. The summed E-state index contributed by atoms with van der Waals surface area (Å²) in [4.78, 5) is 0. The highest BCUT2D eigenvalue weighted by Gasteiger charge is 2.17. The molecule has 1 heterocycles. The highest BCUT2D eigenvalue weighted by molar-refractivity contribution is 6.31. The fraction of sp³-hybridized carbons (Fsp3) is 0.375. The lowest BCUT2D eigenvalue weighted by atomic mass is 10.0. The van der Waals surface area contributed by atoms with Crippen LogP contribution in [0.5, 0.6) is 0 Å². The molecule has 3 heteroatoms. The van der Waals surface area contributed by atoms with Gasteiger partial charge in [0.2, 0.25) is 0 Å². The van der Waals surface area contributed by atoms with Crippen LogP contribution < -0.4 is 5.32 Å². The zero-order valence-electron chi connectivity index (χ0n) is 11.7. The molecule has 2 rings (SSSR count). The van der Waals surface area contributed by atoms with Gasteiger partial charge in [0.1, 0.15) is 11.5 Å². The number of hydrogen-bond donors (Lipinski definition) is 1. The third-order valence-electron chi connectivity index (χ3n) is 3.17. The van der Waals surface area contributed by atoms with Gasteiger partial charge < -0.3 is 9.73 Å². The van der Waals surface area contributed by atoms with Crippen molar-refractivity contribution in [3.8, 4) is 0 Å². The summed E-state index contributed by atoms with van der Waals surface area (Å²) in [6.07, 6.45) is 1.08. The lowest BCUT2D eigenvalue weighted by molar-refractivity contribution is 0.430. The Labute approximate surface area is 119 Å². The van der Waals surface area contributed by atoms with Gasteiger partial charge in [-0.3, -0.25) is 0 Å². The molecule has 1 N–H and O–H groups in total. The average Bonchev–Trinajstić information content (AvgIpc) is 2.80. The van der Waals surface area contributed by atoms with Gasteiger partial charge >= 0.3 is 0 Å². The summed E-state index contributed by atoms with van der Waals surface area (Å²) in [5.74, 6) is 1.86. The van der Waals surface area contributed by atoms with Crippen molar-refractivity contribution in [2.24, 2.45) is 0 Å². The van der Waals surface area contributed by atoms with Gasteiger partial charge in [-0.05, 0) is 56.1 Å². The van der Waals surface area contributed by atoms with Gasteiger partial charge in [-0.2, -0.15) is 0 Å². The number of nitrogens with one attached hydrogen (secondary N) is 1. The lowest BCUT2D eigenvalue weighted by Gasteiger charge is -2.17. The lowest BCUT2D eigenvalue weighted by Crippen LogP contribution is -2.22. The Bertz CT molecular complexity index is 547. The maximum atomic E-state index is 6.23. The molecule has 102 valence electrons. The number of furan rings is 1. The van der Waals surface area contributed by atoms with Gasteiger partial charge in [0.15, 0.2) is 0 Å². The second kappa shape index (κ2) is 6.27. The largest absolute Gasteiger partial charge is 0.464 e. The number of hydrogen-bond acceptors (Lipinski definition) is 2. The molecule has 0 aliphatic rings. The molecule has 0 aliphatic carbocycles. The molecule has 0 fully saturated rings. The molecule has 0 saturated carbocycles. The molecule has 1 aromatic carbocycles. The van der Waals surface area contributed by atoms with Gasteiger partial charge in [0.05, 0.1) is 6.04 Å². The van der Waals surface area contributed by atoms with Crippen LogP contribution in [0, 0.1) is 13.8 Å².